The molecular weight excluding hydrogens is 460 g/mol. The van der Waals surface area contributed by atoms with Crippen LogP contribution >= 0.6 is 0 Å². The van der Waals surface area contributed by atoms with Gasteiger partial charge in [-0.15, -0.1) is 0 Å². The van der Waals surface area contributed by atoms with Crippen molar-refractivity contribution >= 4 is 17.9 Å². The van der Waals surface area contributed by atoms with Crippen molar-refractivity contribution in [1.82, 2.24) is 0 Å². The van der Waals surface area contributed by atoms with Gasteiger partial charge in [-0.05, 0) is 86.4 Å². The van der Waals surface area contributed by atoms with Crippen molar-refractivity contribution in [3.05, 3.63) is 0 Å². The van der Waals surface area contributed by atoms with Crippen molar-refractivity contribution in [3.63, 3.8) is 0 Å². The van der Waals surface area contributed by atoms with Crippen LogP contribution in [0.1, 0.15) is 92.4 Å². The molecule has 0 spiro atoms. The third kappa shape index (κ3) is 4.69. The van der Waals surface area contributed by atoms with Crippen molar-refractivity contribution < 1.29 is 33.7 Å². The summed E-state index contributed by atoms with van der Waals surface area (Å²) in [6, 6.07) is 0. The van der Waals surface area contributed by atoms with Crippen LogP contribution in [-0.4, -0.2) is 48.4 Å². The minimum absolute atomic E-state index is 0.0227. The van der Waals surface area contributed by atoms with Crippen molar-refractivity contribution in [2.45, 2.75) is 111 Å². The number of esters is 3. The van der Waals surface area contributed by atoms with Gasteiger partial charge < -0.3 is 19.3 Å². The first kappa shape index (κ1) is 27.4. The van der Waals surface area contributed by atoms with E-state index in [9.17, 15) is 19.5 Å². The Kier molecular flexibility index (Phi) is 7.81. The molecule has 4 rings (SSSR count). The largest absolute Gasteiger partial charge is 0.469 e. The Hall–Kier alpha value is -1.63. The monoisotopic (exact) mass is 506 g/mol. The summed E-state index contributed by atoms with van der Waals surface area (Å²) in [6.45, 7) is 9.86. The number of aliphatic hydroxyl groups is 1. The Morgan fingerprint density at radius 2 is 1.67 bits per heavy atom. The molecular formula is C29H46O7. The summed E-state index contributed by atoms with van der Waals surface area (Å²) in [7, 11) is 1.42. The van der Waals surface area contributed by atoms with Crippen LogP contribution in [-0.2, 0) is 28.6 Å². The van der Waals surface area contributed by atoms with Gasteiger partial charge in [0.1, 0.15) is 12.2 Å². The smallest absolute Gasteiger partial charge is 0.305 e. The number of fused-ring (bicyclic) bond motifs is 5. The highest BCUT2D eigenvalue weighted by atomic mass is 16.5. The van der Waals surface area contributed by atoms with E-state index >= 15 is 0 Å². The van der Waals surface area contributed by atoms with Crippen LogP contribution in [0.15, 0.2) is 0 Å². The standard InChI is InChI=1S/C29H46O7/c1-16(7-10-26(33)34-6)21-8-9-22-27-23(15-25(29(21,22)5)36-18(3)31)28(4)12-11-20(32)13-19(28)14-24(27)35-17(2)30/h16,19-25,27,32H,7-15H2,1-6H3/t16-,19-,20-,21-,22+,23+,24-,25+,27+,28+,29-/m1/s1. The van der Waals surface area contributed by atoms with E-state index in [1.807, 2.05) is 0 Å². The van der Waals surface area contributed by atoms with E-state index in [2.05, 4.69) is 20.8 Å². The second-order valence-corrected chi connectivity index (χ2v) is 12.8. The normalized spacial score (nSPS) is 44.4. The molecule has 0 bridgehead atoms. The predicted octanol–water partition coefficient (Wildman–Crippen LogP) is 4.68. The molecule has 11 atom stereocenters. The number of carbonyl (C=O) groups is 3. The summed E-state index contributed by atoms with van der Waals surface area (Å²) in [4.78, 5) is 36.5. The van der Waals surface area contributed by atoms with E-state index in [4.69, 9.17) is 14.2 Å². The number of carbonyl (C=O) groups excluding carboxylic acids is 3. The minimum atomic E-state index is -0.303. The van der Waals surface area contributed by atoms with Crippen LogP contribution in [0.25, 0.3) is 0 Å². The second kappa shape index (κ2) is 10.3. The zero-order valence-electron chi connectivity index (χ0n) is 23.0. The summed E-state index contributed by atoms with van der Waals surface area (Å²) in [5.74, 6) is 0.905. The lowest BCUT2D eigenvalue weighted by atomic mass is 9.43. The molecule has 0 amide bonds. The van der Waals surface area contributed by atoms with E-state index in [1.54, 1.807) is 0 Å². The summed E-state index contributed by atoms with van der Waals surface area (Å²) in [5.41, 5.74) is -0.229. The van der Waals surface area contributed by atoms with Gasteiger partial charge in [0, 0.05) is 31.6 Å². The molecule has 1 N–H and O–H groups in total. The van der Waals surface area contributed by atoms with Crippen molar-refractivity contribution in [1.29, 1.82) is 0 Å². The van der Waals surface area contributed by atoms with E-state index in [0.29, 0.717) is 12.3 Å². The van der Waals surface area contributed by atoms with Gasteiger partial charge in [0.2, 0.25) is 0 Å². The molecule has 4 saturated carbocycles. The Morgan fingerprint density at radius 1 is 0.972 bits per heavy atom. The zero-order chi connectivity index (χ0) is 26.4. The molecule has 0 heterocycles. The number of aliphatic hydroxyl groups excluding tert-OH is 1. The lowest BCUT2D eigenvalue weighted by molar-refractivity contribution is -0.223. The molecule has 0 aromatic heterocycles. The van der Waals surface area contributed by atoms with Crippen LogP contribution in [0.2, 0.25) is 0 Å². The van der Waals surface area contributed by atoms with Crippen LogP contribution in [0.4, 0.5) is 0 Å². The first-order chi connectivity index (χ1) is 16.9. The molecule has 36 heavy (non-hydrogen) atoms. The summed E-state index contributed by atoms with van der Waals surface area (Å²) >= 11 is 0. The topological polar surface area (TPSA) is 99.1 Å². The molecule has 7 nitrogen and oxygen atoms in total. The second-order valence-electron chi connectivity index (χ2n) is 12.8. The van der Waals surface area contributed by atoms with Crippen LogP contribution in [0.3, 0.4) is 0 Å². The minimum Gasteiger partial charge on any atom is -0.469 e. The fourth-order valence-corrected chi connectivity index (χ4v) is 9.44. The van der Waals surface area contributed by atoms with Gasteiger partial charge >= 0.3 is 17.9 Å². The fraction of sp³-hybridized carbons (Fsp3) is 0.897. The summed E-state index contributed by atoms with van der Waals surface area (Å²) in [6.07, 6.45) is 6.48. The Morgan fingerprint density at radius 3 is 2.31 bits per heavy atom. The zero-order valence-corrected chi connectivity index (χ0v) is 23.0. The van der Waals surface area contributed by atoms with Gasteiger partial charge in [-0.1, -0.05) is 20.8 Å². The average molecular weight is 507 g/mol. The van der Waals surface area contributed by atoms with Gasteiger partial charge in [-0.25, -0.2) is 0 Å². The maximum Gasteiger partial charge on any atom is 0.305 e. The molecule has 7 heteroatoms. The molecule has 0 aliphatic heterocycles. The first-order valence-corrected chi connectivity index (χ1v) is 14.0. The lowest BCUT2D eigenvalue weighted by Crippen LogP contribution is -2.63. The predicted molar refractivity (Wildman–Crippen MR) is 134 cm³/mol. The molecule has 0 saturated heterocycles. The van der Waals surface area contributed by atoms with Gasteiger partial charge in [0.05, 0.1) is 13.2 Å². The molecule has 204 valence electrons. The summed E-state index contributed by atoms with van der Waals surface area (Å²) < 4.78 is 17.1. The molecule has 0 radical (unpaired) electrons. The van der Waals surface area contributed by atoms with Crippen molar-refractivity contribution in [3.8, 4) is 0 Å². The average Bonchev–Trinajstić information content (AvgIpc) is 3.16. The SMILES string of the molecule is COC(=O)CC[C@@H](C)[C@H]1CC[C@H]2[C@@H]3[C@H](OC(C)=O)C[C@H]4C[C@H](O)CC[C@]4(C)[C@H]3C[C@H](OC(C)=O)[C@]12C. The molecule has 0 aromatic carbocycles. The molecule has 0 aromatic rings. The number of methoxy groups -OCH3 is 1. The van der Waals surface area contributed by atoms with Crippen molar-refractivity contribution in [2.24, 2.45) is 46.3 Å². The van der Waals surface area contributed by atoms with Crippen LogP contribution in [0.5, 0.6) is 0 Å². The van der Waals surface area contributed by atoms with Crippen LogP contribution < -0.4 is 0 Å². The highest BCUT2D eigenvalue weighted by molar-refractivity contribution is 5.69. The van der Waals surface area contributed by atoms with E-state index in [1.165, 1.54) is 21.0 Å². The van der Waals surface area contributed by atoms with E-state index in [-0.39, 0.29) is 76.6 Å². The fourth-order valence-electron chi connectivity index (χ4n) is 9.44. The number of rotatable bonds is 6. The van der Waals surface area contributed by atoms with Crippen molar-refractivity contribution in [2.75, 3.05) is 7.11 Å². The molecule has 0 unspecified atom stereocenters. The Bertz CT molecular complexity index is 857. The Labute approximate surface area is 216 Å². The number of ether oxygens (including phenoxy) is 3. The van der Waals surface area contributed by atoms with Gasteiger partial charge in [0.25, 0.3) is 0 Å². The first-order valence-electron chi connectivity index (χ1n) is 14.0. The van der Waals surface area contributed by atoms with Gasteiger partial charge in [0.15, 0.2) is 0 Å². The third-order valence-electron chi connectivity index (χ3n) is 11.1. The van der Waals surface area contributed by atoms with Gasteiger partial charge in [-0.3, -0.25) is 14.4 Å². The number of hydrogen-bond acceptors (Lipinski definition) is 7. The maximum absolute atomic E-state index is 12.4. The Balaban J connectivity index is 1.71. The third-order valence-corrected chi connectivity index (χ3v) is 11.1. The maximum atomic E-state index is 12.4. The van der Waals surface area contributed by atoms with Gasteiger partial charge in [-0.2, -0.15) is 0 Å². The molecule has 4 aliphatic rings. The van der Waals surface area contributed by atoms with Crippen LogP contribution in [0, 0.1) is 46.3 Å². The lowest BCUT2D eigenvalue weighted by Gasteiger charge is -2.64. The highest BCUT2D eigenvalue weighted by Gasteiger charge is 2.67. The van der Waals surface area contributed by atoms with E-state index < -0.39 is 0 Å². The highest BCUT2D eigenvalue weighted by Crippen LogP contribution is 2.69. The summed E-state index contributed by atoms with van der Waals surface area (Å²) in [5, 5.41) is 10.5. The molecule has 4 fully saturated rings. The molecule has 4 aliphatic carbocycles. The van der Waals surface area contributed by atoms with E-state index in [0.717, 1.165) is 51.4 Å². The quantitative estimate of drug-likeness (QED) is 0.412. The number of hydrogen-bond donors (Lipinski definition) is 1.